The van der Waals surface area contributed by atoms with Crippen LogP contribution in [0.5, 0.6) is 5.75 Å². The van der Waals surface area contributed by atoms with Crippen LogP contribution in [0, 0.1) is 0 Å². The third-order valence-corrected chi connectivity index (χ3v) is 6.61. The molecule has 1 rings (SSSR count). The van der Waals surface area contributed by atoms with Crippen molar-refractivity contribution >= 4 is 5.97 Å². The van der Waals surface area contributed by atoms with Gasteiger partial charge in [0.25, 0.3) is 0 Å². The number of phenols is 1. The highest BCUT2D eigenvalue weighted by Crippen LogP contribution is 2.20. The summed E-state index contributed by atoms with van der Waals surface area (Å²) in [6, 6.07) is 4.93. The van der Waals surface area contributed by atoms with Crippen molar-refractivity contribution in [2.75, 3.05) is 0 Å². The van der Waals surface area contributed by atoms with Crippen LogP contribution in [0.3, 0.4) is 0 Å². The molecule has 3 heteroatoms. The first-order chi connectivity index (χ1) is 15.6. The number of aromatic carboxylic acids is 1. The lowest BCUT2D eigenvalue weighted by Gasteiger charge is -2.05. The summed E-state index contributed by atoms with van der Waals surface area (Å²) >= 11 is 0. The molecule has 0 saturated carbocycles. The Morgan fingerprint density at radius 3 is 1.38 bits per heavy atom. The van der Waals surface area contributed by atoms with Gasteiger partial charge in [-0.2, -0.15) is 0 Å². The van der Waals surface area contributed by atoms with Crippen molar-refractivity contribution in [2.24, 2.45) is 0 Å². The maximum Gasteiger partial charge on any atom is 0.339 e. The fourth-order valence-corrected chi connectivity index (χ4v) is 4.49. The number of carbonyl (C=O) groups is 1. The molecule has 0 radical (unpaired) electrons. The van der Waals surface area contributed by atoms with Gasteiger partial charge in [0.05, 0.1) is 0 Å². The van der Waals surface area contributed by atoms with Gasteiger partial charge in [0, 0.05) is 0 Å². The number of carboxylic acids is 1. The minimum absolute atomic E-state index is 0.00988. The van der Waals surface area contributed by atoms with Crippen molar-refractivity contribution in [3.8, 4) is 5.75 Å². The molecule has 0 fully saturated rings. The van der Waals surface area contributed by atoms with Crippen LogP contribution in [-0.4, -0.2) is 16.2 Å². The third-order valence-electron chi connectivity index (χ3n) is 6.61. The number of aryl methyl sites for hydroxylation is 1. The van der Waals surface area contributed by atoms with E-state index in [0.717, 1.165) is 18.4 Å². The molecule has 0 saturated heterocycles. The summed E-state index contributed by atoms with van der Waals surface area (Å²) in [6.45, 7) is 2.28. The number of benzene rings is 1. The molecule has 184 valence electrons. The highest BCUT2D eigenvalue weighted by Gasteiger charge is 2.09. The number of carboxylic acid groups (broad SMARTS) is 1. The average molecular weight is 447 g/mol. The van der Waals surface area contributed by atoms with Gasteiger partial charge in [-0.3, -0.25) is 0 Å². The van der Waals surface area contributed by atoms with E-state index in [0.29, 0.717) is 0 Å². The zero-order valence-electron chi connectivity index (χ0n) is 20.9. The van der Waals surface area contributed by atoms with E-state index in [-0.39, 0.29) is 11.3 Å². The van der Waals surface area contributed by atoms with Crippen LogP contribution in [-0.2, 0) is 6.42 Å². The molecule has 0 bridgehead atoms. The van der Waals surface area contributed by atoms with Crippen LogP contribution in [0.4, 0.5) is 0 Å². The van der Waals surface area contributed by atoms with Crippen molar-refractivity contribution < 1.29 is 15.0 Å². The van der Waals surface area contributed by atoms with Gasteiger partial charge in [0.15, 0.2) is 0 Å². The third kappa shape index (κ3) is 15.3. The van der Waals surface area contributed by atoms with Gasteiger partial charge in [-0.15, -0.1) is 0 Å². The van der Waals surface area contributed by atoms with Crippen LogP contribution < -0.4 is 0 Å². The van der Waals surface area contributed by atoms with Gasteiger partial charge in [0.2, 0.25) is 0 Å². The lowest BCUT2D eigenvalue weighted by Crippen LogP contribution is -1.98. The second-order valence-electron chi connectivity index (χ2n) is 9.62. The molecule has 0 aliphatic carbocycles. The van der Waals surface area contributed by atoms with E-state index in [9.17, 15) is 9.90 Å². The van der Waals surface area contributed by atoms with Gasteiger partial charge in [-0.25, -0.2) is 4.79 Å². The molecule has 1 aromatic carbocycles. The summed E-state index contributed by atoms with van der Waals surface area (Å²) in [5.74, 6) is -1.21. The number of unbranched alkanes of at least 4 members (excludes halogenated alkanes) is 19. The Hall–Kier alpha value is -1.51. The summed E-state index contributed by atoms with van der Waals surface area (Å²) in [7, 11) is 0. The lowest BCUT2D eigenvalue weighted by molar-refractivity contribution is 0.0693. The van der Waals surface area contributed by atoms with E-state index in [1.165, 1.54) is 128 Å². The molecule has 0 atom stereocenters. The number of hydrogen-bond acceptors (Lipinski definition) is 2. The first-order valence-electron chi connectivity index (χ1n) is 13.7. The van der Waals surface area contributed by atoms with Crippen LogP contribution >= 0.6 is 0 Å². The minimum atomic E-state index is -1.06. The number of rotatable bonds is 22. The number of hydrogen-bond donors (Lipinski definition) is 2. The molecule has 0 aliphatic rings. The van der Waals surface area contributed by atoms with Crippen LogP contribution in [0.25, 0.3) is 0 Å². The SMILES string of the molecule is CCCCCCCCCCCCCCCCCCCCCCc1ccc(O)c(C(=O)O)c1. The molecule has 0 amide bonds. The first-order valence-corrected chi connectivity index (χ1v) is 13.7. The fourth-order valence-electron chi connectivity index (χ4n) is 4.49. The highest BCUT2D eigenvalue weighted by molar-refractivity contribution is 5.90. The molecule has 32 heavy (non-hydrogen) atoms. The predicted molar refractivity (Wildman–Crippen MR) is 137 cm³/mol. The largest absolute Gasteiger partial charge is 0.507 e. The standard InChI is InChI=1S/C29H50O3/c1-2-3-4-5-6-7-8-9-10-11-12-13-14-15-16-17-18-19-20-21-22-26-23-24-28(30)27(25-26)29(31)32/h23-25,30H,2-22H2,1H3,(H,31,32). The van der Waals surface area contributed by atoms with Crippen molar-refractivity contribution in [3.63, 3.8) is 0 Å². The van der Waals surface area contributed by atoms with Gasteiger partial charge in [-0.05, 0) is 30.5 Å². The lowest BCUT2D eigenvalue weighted by atomic mass is 10.0. The Morgan fingerprint density at radius 1 is 0.625 bits per heavy atom. The molecule has 1 aromatic rings. The molecular weight excluding hydrogens is 396 g/mol. The van der Waals surface area contributed by atoms with E-state index in [1.807, 2.05) is 6.07 Å². The molecule has 0 heterocycles. The van der Waals surface area contributed by atoms with Gasteiger partial charge < -0.3 is 10.2 Å². The van der Waals surface area contributed by atoms with Gasteiger partial charge in [-0.1, -0.05) is 135 Å². The maximum atomic E-state index is 11.1. The van der Waals surface area contributed by atoms with Crippen molar-refractivity contribution in [3.05, 3.63) is 29.3 Å². The summed E-state index contributed by atoms with van der Waals surface area (Å²) in [6.07, 6.45) is 28.4. The Bertz CT molecular complexity index is 582. The number of aromatic hydroxyl groups is 1. The van der Waals surface area contributed by atoms with E-state index >= 15 is 0 Å². The molecule has 0 aromatic heterocycles. The van der Waals surface area contributed by atoms with E-state index in [1.54, 1.807) is 6.07 Å². The highest BCUT2D eigenvalue weighted by atomic mass is 16.4. The summed E-state index contributed by atoms with van der Waals surface area (Å²) in [5.41, 5.74) is 1.01. The molecule has 0 spiro atoms. The minimum Gasteiger partial charge on any atom is -0.507 e. The fraction of sp³-hybridized carbons (Fsp3) is 0.759. The van der Waals surface area contributed by atoms with Gasteiger partial charge >= 0.3 is 5.97 Å². The summed E-state index contributed by atoms with van der Waals surface area (Å²) in [5, 5.41) is 18.6. The van der Waals surface area contributed by atoms with Crippen LogP contribution in [0.2, 0.25) is 0 Å². The predicted octanol–water partition coefficient (Wildman–Crippen LogP) is 9.45. The normalized spacial score (nSPS) is 11.2. The smallest absolute Gasteiger partial charge is 0.339 e. The molecular formula is C29H50O3. The first kappa shape index (κ1) is 28.5. The Morgan fingerprint density at radius 2 is 1.00 bits per heavy atom. The van der Waals surface area contributed by atoms with E-state index < -0.39 is 5.97 Å². The average Bonchev–Trinajstić information content (AvgIpc) is 2.78. The molecule has 0 aliphatic heterocycles. The van der Waals surface area contributed by atoms with E-state index in [4.69, 9.17) is 5.11 Å². The Kier molecular flexibility index (Phi) is 17.9. The topological polar surface area (TPSA) is 57.5 Å². The Balaban J connectivity index is 1.80. The monoisotopic (exact) mass is 446 g/mol. The van der Waals surface area contributed by atoms with Gasteiger partial charge in [0.1, 0.15) is 11.3 Å². The Labute approximate surface area is 198 Å². The summed E-state index contributed by atoms with van der Waals surface area (Å²) in [4.78, 5) is 11.1. The van der Waals surface area contributed by atoms with Crippen molar-refractivity contribution in [1.82, 2.24) is 0 Å². The zero-order valence-corrected chi connectivity index (χ0v) is 20.9. The van der Waals surface area contributed by atoms with Crippen molar-refractivity contribution in [1.29, 1.82) is 0 Å². The molecule has 2 N–H and O–H groups in total. The van der Waals surface area contributed by atoms with Crippen molar-refractivity contribution in [2.45, 2.75) is 142 Å². The van der Waals surface area contributed by atoms with Crippen LogP contribution in [0.1, 0.15) is 151 Å². The second kappa shape index (κ2) is 20.1. The summed E-state index contributed by atoms with van der Waals surface area (Å²) < 4.78 is 0. The zero-order chi connectivity index (χ0) is 23.3. The second-order valence-corrected chi connectivity index (χ2v) is 9.62. The molecule has 3 nitrogen and oxygen atoms in total. The van der Waals surface area contributed by atoms with E-state index in [2.05, 4.69) is 6.92 Å². The van der Waals surface area contributed by atoms with Crippen LogP contribution in [0.15, 0.2) is 18.2 Å². The maximum absolute atomic E-state index is 11.1. The molecule has 0 unspecified atom stereocenters. The quantitative estimate of drug-likeness (QED) is 0.174.